The highest BCUT2D eigenvalue weighted by Crippen LogP contribution is 2.20. The number of benzene rings is 1. The maximum absolute atomic E-state index is 13.2. The van der Waals surface area contributed by atoms with Crippen molar-refractivity contribution in [1.82, 2.24) is 15.3 Å². The molecule has 0 aliphatic carbocycles. The minimum absolute atomic E-state index is 0.0131. The third-order valence-electron chi connectivity index (χ3n) is 2.74. The summed E-state index contributed by atoms with van der Waals surface area (Å²) in [4.78, 5) is 18.1. The van der Waals surface area contributed by atoms with Crippen molar-refractivity contribution in [3.8, 4) is 11.4 Å². The Morgan fingerprint density at radius 3 is 2.38 bits per heavy atom. The summed E-state index contributed by atoms with van der Waals surface area (Å²) >= 11 is 0. The number of rotatable bonds is 4. The van der Waals surface area contributed by atoms with Crippen LogP contribution in [-0.4, -0.2) is 16.0 Å². The number of nitrogens with zero attached hydrogens (tertiary/aromatic N) is 1. The Bertz CT molecular complexity index is 690. The third-order valence-corrected chi connectivity index (χ3v) is 2.74. The maximum atomic E-state index is 13.2. The molecule has 0 radical (unpaired) electrons. The van der Waals surface area contributed by atoms with Crippen LogP contribution in [-0.2, 0) is 6.54 Å². The molecule has 0 saturated heterocycles. The van der Waals surface area contributed by atoms with E-state index in [0.29, 0.717) is 12.2 Å². The van der Waals surface area contributed by atoms with Gasteiger partial charge in [0.05, 0.1) is 5.69 Å². The van der Waals surface area contributed by atoms with Crippen LogP contribution in [0.15, 0.2) is 23.0 Å². The van der Waals surface area contributed by atoms with Gasteiger partial charge in [0.15, 0.2) is 17.5 Å². The maximum Gasteiger partial charge on any atom is 0.251 e. The van der Waals surface area contributed by atoms with Gasteiger partial charge in [0, 0.05) is 24.2 Å². The molecule has 0 unspecified atom stereocenters. The number of aromatic nitrogens is 2. The summed E-state index contributed by atoms with van der Waals surface area (Å²) in [5.74, 6) is -4.24. The van der Waals surface area contributed by atoms with Crippen molar-refractivity contribution in [3.63, 3.8) is 0 Å². The lowest BCUT2D eigenvalue weighted by atomic mass is 10.2. The molecular formula is C14H14F3N3O. The largest absolute Gasteiger partial charge is 0.309 e. The molecule has 4 nitrogen and oxygen atoms in total. The highest BCUT2D eigenvalue weighted by molar-refractivity contribution is 5.55. The quantitative estimate of drug-likeness (QED) is 0.852. The van der Waals surface area contributed by atoms with Gasteiger partial charge in [-0.3, -0.25) is 4.79 Å². The SMILES string of the molecule is CC(C)NCc1cc(=O)[nH]c(-c2cc(F)c(F)c(F)c2)n1. The molecule has 2 aromatic rings. The zero-order valence-corrected chi connectivity index (χ0v) is 11.5. The van der Waals surface area contributed by atoms with Gasteiger partial charge in [0.25, 0.3) is 5.56 Å². The van der Waals surface area contributed by atoms with E-state index in [1.165, 1.54) is 6.07 Å². The average Bonchev–Trinajstić information content (AvgIpc) is 2.41. The highest BCUT2D eigenvalue weighted by atomic mass is 19.2. The number of hydrogen-bond acceptors (Lipinski definition) is 3. The molecule has 1 aromatic heterocycles. The Labute approximate surface area is 119 Å². The van der Waals surface area contributed by atoms with Gasteiger partial charge in [-0.05, 0) is 12.1 Å². The first-order valence-corrected chi connectivity index (χ1v) is 6.35. The molecule has 0 aliphatic heterocycles. The molecule has 0 saturated carbocycles. The summed E-state index contributed by atoms with van der Waals surface area (Å²) in [6.45, 7) is 4.19. The fourth-order valence-corrected chi connectivity index (χ4v) is 1.74. The Morgan fingerprint density at radius 1 is 1.19 bits per heavy atom. The van der Waals surface area contributed by atoms with E-state index >= 15 is 0 Å². The molecule has 0 aliphatic rings. The second-order valence-corrected chi connectivity index (χ2v) is 4.87. The van der Waals surface area contributed by atoms with Gasteiger partial charge in [0.2, 0.25) is 0 Å². The van der Waals surface area contributed by atoms with E-state index in [1.807, 2.05) is 13.8 Å². The number of nitrogens with one attached hydrogen (secondary N) is 2. The predicted octanol–water partition coefficient (Wildman–Crippen LogP) is 2.35. The number of H-pyrrole nitrogens is 1. The number of aromatic amines is 1. The van der Waals surface area contributed by atoms with Crippen molar-refractivity contribution >= 4 is 0 Å². The summed E-state index contributed by atoms with van der Waals surface area (Å²) in [6.07, 6.45) is 0. The lowest BCUT2D eigenvalue weighted by Gasteiger charge is -2.09. The molecule has 0 fully saturated rings. The van der Waals surface area contributed by atoms with Crippen LogP contribution in [0.1, 0.15) is 19.5 Å². The van der Waals surface area contributed by atoms with E-state index < -0.39 is 23.0 Å². The van der Waals surface area contributed by atoms with E-state index in [2.05, 4.69) is 15.3 Å². The number of halogens is 3. The summed E-state index contributed by atoms with van der Waals surface area (Å²) in [7, 11) is 0. The topological polar surface area (TPSA) is 57.8 Å². The Hall–Kier alpha value is -2.15. The zero-order chi connectivity index (χ0) is 15.6. The fourth-order valence-electron chi connectivity index (χ4n) is 1.74. The highest BCUT2D eigenvalue weighted by Gasteiger charge is 2.13. The van der Waals surface area contributed by atoms with Gasteiger partial charge in [-0.1, -0.05) is 13.8 Å². The third kappa shape index (κ3) is 3.69. The van der Waals surface area contributed by atoms with E-state index in [4.69, 9.17) is 0 Å². The van der Waals surface area contributed by atoms with Crippen LogP contribution in [0.2, 0.25) is 0 Å². The molecule has 1 heterocycles. The van der Waals surface area contributed by atoms with Gasteiger partial charge >= 0.3 is 0 Å². The molecule has 0 bridgehead atoms. The van der Waals surface area contributed by atoms with Crippen molar-refractivity contribution in [2.24, 2.45) is 0 Å². The van der Waals surface area contributed by atoms with Crippen LogP contribution >= 0.6 is 0 Å². The van der Waals surface area contributed by atoms with E-state index in [0.717, 1.165) is 12.1 Å². The summed E-state index contributed by atoms with van der Waals surface area (Å²) in [5.41, 5.74) is -0.0619. The monoisotopic (exact) mass is 297 g/mol. The molecule has 2 rings (SSSR count). The Balaban J connectivity index is 2.42. The van der Waals surface area contributed by atoms with Gasteiger partial charge in [-0.15, -0.1) is 0 Å². The van der Waals surface area contributed by atoms with Crippen LogP contribution in [0.3, 0.4) is 0 Å². The molecule has 0 amide bonds. The minimum atomic E-state index is -1.56. The summed E-state index contributed by atoms with van der Waals surface area (Å²) in [6, 6.07) is 3.05. The zero-order valence-electron chi connectivity index (χ0n) is 11.5. The molecule has 112 valence electrons. The van der Waals surface area contributed by atoms with Crippen molar-refractivity contribution < 1.29 is 13.2 Å². The molecule has 1 aromatic carbocycles. The van der Waals surface area contributed by atoms with Gasteiger partial charge < -0.3 is 10.3 Å². The minimum Gasteiger partial charge on any atom is -0.309 e. The molecule has 0 spiro atoms. The summed E-state index contributed by atoms with van der Waals surface area (Å²) in [5, 5.41) is 3.08. The first-order chi connectivity index (χ1) is 9.86. The molecule has 7 heteroatoms. The van der Waals surface area contributed by atoms with E-state index in [9.17, 15) is 18.0 Å². The predicted molar refractivity (Wildman–Crippen MR) is 72.1 cm³/mol. The smallest absolute Gasteiger partial charge is 0.251 e. The Kier molecular flexibility index (Phi) is 4.42. The molecule has 2 N–H and O–H groups in total. The van der Waals surface area contributed by atoms with Crippen molar-refractivity contribution in [3.05, 3.63) is 51.7 Å². The molecular weight excluding hydrogens is 283 g/mol. The van der Waals surface area contributed by atoms with E-state index in [-0.39, 0.29) is 17.4 Å². The molecule has 21 heavy (non-hydrogen) atoms. The number of hydrogen-bond donors (Lipinski definition) is 2. The van der Waals surface area contributed by atoms with E-state index in [1.54, 1.807) is 0 Å². The standard InChI is InChI=1S/C14H14F3N3O/c1-7(2)18-6-9-5-12(21)20-14(19-9)8-3-10(15)13(17)11(16)4-8/h3-5,7,18H,6H2,1-2H3,(H,19,20,21). The van der Waals surface area contributed by atoms with Gasteiger partial charge in [0.1, 0.15) is 5.82 Å². The lowest BCUT2D eigenvalue weighted by molar-refractivity contribution is 0.447. The Morgan fingerprint density at radius 2 is 1.81 bits per heavy atom. The average molecular weight is 297 g/mol. The fraction of sp³-hybridized carbons (Fsp3) is 0.286. The van der Waals surface area contributed by atoms with Gasteiger partial charge in [-0.25, -0.2) is 18.2 Å². The van der Waals surface area contributed by atoms with Crippen molar-refractivity contribution in [1.29, 1.82) is 0 Å². The van der Waals surface area contributed by atoms with Crippen molar-refractivity contribution in [2.45, 2.75) is 26.4 Å². The second kappa shape index (κ2) is 6.09. The van der Waals surface area contributed by atoms with Crippen LogP contribution in [0.25, 0.3) is 11.4 Å². The van der Waals surface area contributed by atoms with Crippen LogP contribution in [0.5, 0.6) is 0 Å². The van der Waals surface area contributed by atoms with Crippen LogP contribution in [0, 0.1) is 17.5 Å². The normalized spacial score (nSPS) is 11.1. The van der Waals surface area contributed by atoms with Gasteiger partial charge in [-0.2, -0.15) is 0 Å². The van der Waals surface area contributed by atoms with Crippen LogP contribution in [0.4, 0.5) is 13.2 Å². The lowest BCUT2D eigenvalue weighted by Crippen LogP contribution is -2.24. The molecule has 0 atom stereocenters. The van der Waals surface area contributed by atoms with Crippen LogP contribution < -0.4 is 10.9 Å². The second-order valence-electron chi connectivity index (χ2n) is 4.87. The van der Waals surface area contributed by atoms with Crippen molar-refractivity contribution in [2.75, 3.05) is 0 Å². The first kappa shape index (κ1) is 15.2. The first-order valence-electron chi connectivity index (χ1n) is 6.35. The summed E-state index contributed by atoms with van der Waals surface area (Å²) < 4.78 is 39.4.